The number of hydrogen-bond donors (Lipinski definition) is 2. The van der Waals surface area contributed by atoms with Crippen LogP contribution in [-0.2, 0) is 10.2 Å². The fraction of sp³-hybridized carbons (Fsp3) is 0.533. The van der Waals surface area contributed by atoms with E-state index in [0.29, 0.717) is 6.54 Å². The minimum atomic E-state index is -0.442. The van der Waals surface area contributed by atoms with Gasteiger partial charge in [0.2, 0.25) is 0 Å². The topological polar surface area (TPSA) is 64.3 Å². The van der Waals surface area contributed by atoms with Gasteiger partial charge in [0.1, 0.15) is 0 Å². The van der Waals surface area contributed by atoms with Gasteiger partial charge in [-0.3, -0.25) is 5.32 Å². The van der Waals surface area contributed by atoms with E-state index in [0.717, 1.165) is 18.5 Å². The summed E-state index contributed by atoms with van der Waals surface area (Å²) in [5.41, 5.74) is 8.10. The number of amides is 1. The van der Waals surface area contributed by atoms with E-state index in [2.05, 4.69) is 16.1 Å². The van der Waals surface area contributed by atoms with Gasteiger partial charge in [-0.1, -0.05) is 31.4 Å². The highest BCUT2D eigenvalue weighted by atomic mass is 16.5. The second kappa shape index (κ2) is 6.06. The summed E-state index contributed by atoms with van der Waals surface area (Å²) < 4.78 is 4.62. The van der Waals surface area contributed by atoms with Crippen molar-refractivity contribution in [2.75, 3.05) is 19.0 Å². The normalized spacial score (nSPS) is 17.8. The molecule has 19 heavy (non-hydrogen) atoms. The zero-order chi connectivity index (χ0) is 13.7. The van der Waals surface area contributed by atoms with Crippen LogP contribution in [0.1, 0.15) is 37.7 Å². The fourth-order valence-electron chi connectivity index (χ4n) is 2.93. The molecule has 0 aromatic heterocycles. The van der Waals surface area contributed by atoms with Crippen molar-refractivity contribution in [3.8, 4) is 0 Å². The number of benzene rings is 1. The molecule has 1 aliphatic carbocycles. The Bertz CT molecular complexity index is 440. The molecule has 4 heteroatoms. The fourth-order valence-corrected chi connectivity index (χ4v) is 2.93. The van der Waals surface area contributed by atoms with Crippen LogP contribution in [0.2, 0.25) is 0 Å². The number of anilines is 1. The van der Waals surface area contributed by atoms with Crippen molar-refractivity contribution < 1.29 is 9.53 Å². The summed E-state index contributed by atoms with van der Waals surface area (Å²) in [4.78, 5) is 11.3. The average molecular weight is 262 g/mol. The summed E-state index contributed by atoms with van der Waals surface area (Å²) >= 11 is 0. The second-order valence-corrected chi connectivity index (χ2v) is 5.24. The van der Waals surface area contributed by atoms with Crippen LogP contribution in [0.5, 0.6) is 0 Å². The zero-order valence-corrected chi connectivity index (χ0v) is 11.4. The lowest BCUT2D eigenvalue weighted by molar-refractivity contribution is 0.187. The Labute approximate surface area is 114 Å². The van der Waals surface area contributed by atoms with Crippen LogP contribution < -0.4 is 11.1 Å². The third-order valence-corrected chi connectivity index (χ3v) is 4.11. The number of carbonyl (C=O) groups excluding carboxylic acids is 1. The van der Waals surface area contributed by atoms with E-state index in [4.69, 9.17) is 5.73 Å². The van der Waals surface area contributed by atoms with Gasteiger partial charge >= 0.3 is 6.09 Å². The van der Waals surface area contributed by atoms with E-state index in [-0.39, 0.29) is 5.41 Å². The summed E-state index contributed by atoms with van der Waals surface area (Å²) in [6, 6.07) is 7.97. The Morgan fingerprint density at radius 1 is 1.37 bits per heavy atom. The van der Waals surface area contributed by atoms with Gasteiger partial charge in [-0.2, -0.15) is 0 Å². The number of rotatable bonds is 3. The van der Waals surface area contributed by atoms with Crippen molar-refractivity contribution in [2.45, 2.75) is 37.5 Å². The van der Waals surface area contributed by atoms with Gasteiger partial charge in [0.05, 0.1) is 7.11 Å². The highest BCUT2D eigenvalue weighted by Gasteiger charge is 2.32. The van der Waals surface area contributed by atoms with Crippen LogP contribution in [-0.4, -0.2) is 19.7 Å². The zero-order valence-electron chi connectivity index (χ0n) is 11.4. The van der Waals surface area contributed by atoms with E-state index < -0.39 is 6.09 Å². The van der Waals surface area contributed by atoms with Gasteiger partial charge in [-0.15, -0.1) is 0 Å². The maximum absolute atomic E-state index is 11.3. The number of ether oxygens (including phenoxy) is 1. The predicted molar refractivity (Wildman–Crippen MR) is 76.3 cm³/mol. The lowest BCUT2D eigenvalue weighted by Gasteiger charge is -2.37. The minimum absolute atomic E-state index is 0.0755. The van der Waals surface area contributed by atoms with Crippen molar-refractivity contribution in [1.82, 2.24) is 0 Å². The Hall–Kier alpha value is -1.55. The molecule has 3 N–H and O–H groups in total. The number of nitrogens with two attached hydrogens (primary N) is 1. The monoisotopic (exact) mass is 262 g/mol. The number of carbonyl (C=O) groups is 1. The Balaban J connectivity index is 2.23. The second-order valence-electron chi connectivity index (χ2n) is 5.24. The number of methoxy groups -OCH3 is 1. The molecule has 0 heterocycles. The molecule has 0 aliphatic heterocycles. The highest BCUT2D eigenvalue weighted by Crippen LogP contribution is 2.39. The van der Waals surface area contributed by atoms with Crippen LogP contribution in [0.25, 0.3) is 0 Å². The lowest BCUT2D eigenvalue weighted by atomic mass is 9.69. The molecule has 1 fully saturated rings. The minimum Gasteiger partial charge on any atom is -0.453 e. The van der Waals surface area contributed by atoms with Gasteiger partial charge < -0.3 is 10.5 Å². The van der Waals surface area contributed by atoms with Crippen LogP contribution in [0.3, 0.4) is 0 Å². The molecule has 1 aliphatic rings. The molecular formula is C15H22N2O2. The lowest BCUT2D eigenvalue weighted by Crippen LogP contribution is -2.37. The van der Waals surface area contributed by atoms with E-state index in [1.54, 1.807) is 0 Å². The molecule has 1 saturated carbocycles. The average Bonchev–Trinajstić information content (AvgIpc) is 2.48. The molecule has 1 aromatic rings. The first-order chi connectivity index (χ1) is 9.20. The summed E-state index contributed by atoms with van der Waals surface area (Å²) in [6.07, 6.45) is 5.57. The van der Waals surface area contributed by atoms with Crippen molar-refractivity contribution in [2.24, 2.45) is 5.73 Å². The van der Waals surface area contributed by atoms with Crippen molar-refractivity contribution in [1.29, 1.82) is 0 Å². The Kier molecular flexibility index (Phi) is 4.43. The molecule has 2 rings (SSSR count). The van der Waals surface area contributed by atoms with Crippen LogP contribution in [0.15, 0.2) is 24.3 Å². The molecular weight excluding hydrogens is 240 g/mol. The summed E-state index contributed by atoms with van der Waals surface area (Å²) in [5, 5.41) is 2.71. The summed E-state index contributed by atoms with van der Waals surface area (Å²) in [6.45, 7) is 0.661. The summed E-state index contributed by atoms with van der Waals surface area (Å²) in [7, 11) is 1.36. The van der Waals surface area contributed by atoms with E-state index >= 15 is 0 Å². The van der Waals surface area contributed by atoms with Crippen LogP contribution in [0.4, 0.5) is 10.5 Å². The molecule has 0 saturated heterocycles. The molecule has 1 amide bonds. The summed E-state index contributed by atoms with van der Waals surface area (Å²) in [5.74, 6) is 0. The smallest absolute Gasteiger partial charge is 0.411 e. The van der Waals surface area contributed by atoms with E-state index in [9.17, 15) is 4.79 Å². The third kappa shape index (κ3) is 3.07. The number of hydrogen-bond acceptors (Lipinski definition) is 3. The predicted octanol–water partition coefficient (Wildman–Crippen LogP) is 3.03. The third-order valence-electron chi connectivity index (χ3n) is 4.11. The molecule has 0 spiro atoms. The molecule has 0 atom stereocenters. The van der Waals surface area contributed by atoms with Crippen molar-refractivity contribution in [3.63, 3.8) is 0 Å². The highest BCUT2D eigenvalue weighted by molar-refractivity contribution is 5.84. The Morgan fingerprint density at radius 2 is 2.11 bits per heavy atom. The first-order valence-electron chi connectivity index (χ1n) is 6.86. The molecule has 0 unspecified atom stereocenters. The van der Waals surface area contributed by atoms with Gasteiger partial charge in [0.15, 0.2) is 0 Å². The standard InChI is InChI=1S/C15H22N2O2/c1-19-14(18)17-13-7-5-6-12(10-13)15(11-16)8-3-2-4-9-15/h5-7,10H,2-4,8-9,11,16H2,1H3,(H,17,18). The van der Waals surface area contributed by atoms with Gasteiger partial charge in [0, 0.05) is 17.6 Å². The Morgan fingerprint density at radius 3 is 2.74 bits per heavy atom. The van der Waals surface area contributed by atoms with Crippen molar-refractivity contribution >= 4 is 11.8 Å². The molecule has 4 nitrogen and oxygen atoms in total. The molecule has 0 radical (unpaired) electrons. The van der Waals surface area contributed by atoms with Gasteiger partial charge in [-0.05, 0) is 30.5 Å². The number of nitrogens with one attached hydrogen (secondary N) is 1. The first kappa shape index (κ1) is 13.9. The SMILES string of the molecule is COC(=O)Nc1cccc(C2(CN)CCCCC2)c1. The molecule has 104 valence electrons. The maximum atomic E-state index is 11.3. The molecule has 1 aromatic carbocycles. The molecule has 0 bridgehead atoms. The van der Waals surface area contributed by atoms with E-state index in [1.165, 1.54) is 31.9 Å². The van der Waals surface area contributed by atoms with Crippen LogP contribution >= 0.6 is 0 Å². The quantitative estimate of drug-likeness (QED) is 0.880. The van der Waals surface area contributed by atoms with Gasteiger partial charge in [-0.25, -0.2) is 4.79 Å². The first-order valence-corrected chi connectivity index (χ1v) is 6.86. The van der Waals surface area contributed by atoms with Gasteiger partial charge in [0.25, 0.3) is 0 Å². The van der Waals surface area contributed by atoms with Crippen LogP contribution in [0, 0.1) is 0 Å². The maximum Gasteiger partial charge on any atom is 0.411 e. The van der Waals surface area contributed by atoms with Crippen molar-refractivity contribution in [3.05, 3.63) is 29.8 Å². The van der Waals surface area contributed by atoms with E-state index in [1.807, 2.05) is 18.2 Å². The largest absolute Gasteiger partial charge is 0.453 e.